The molecule has 132 valence electrons. The highest BCUT2D eigenvalue weighted by molar-refractivity contribution is 6.03. The molecule has 6 nitrogen and oxygen atoms in total. The number of anilines is 3. The van der Waals surface area contributed by atoms with Crippen molar-refractivity contribution < 1.29 is 9.53 Å². The van der Waals surface area contributed by atoms with Gasteiger partial charge < -0.3 is 15.4 Å². The fourth-order valence-electron chi connectivity index (χ4n) is 2.47. The Morgan fingerprint density at radius 3 is 2.42 bits per heavy atom. The third kappa shape index (κ3) is 4.16. The summed E-state index contributed by atoms with van der Waals surface area (Å²) in [5.41, 5.74) is 2.90. The molecular weight excluding hydrogens is 328 g/mol. The van der Waals surface area contributed by atoms with Crippen molar-refractivity contribution in [3.05, 3.63) is 71.7 Å². The van der Waals surface area contributed by atoms with E-state index in [2.05, 4.69) is 20.6 Å². The second-order valence-corrected chi connectivity index (χ2v) is 5.81. The topological polar surface area (TPSA) is 76.1 Å². The van der Waals surface area contributed by atoms with Gasteiger partial charge in [0, 0.05) is 17.4 Å². The molecule has 0 saturated heterocycles. The lowest BCUT2D eigenvalue weighted by Crippen LogP contribution is -2.16. The molecule has 0 radical (unpaired) electrons. The van der Waals surface area contributed by atoms with Crippen LogP contribution in [0.4, 0.5) is 17.2 Å². The first-order chi connectivity index (χ1) is 12.5. The van der Waals surface area contributed by atoms with Gasteiger partial charge in [0.25, 0.3) is 5.91 Å². The number of carbonyl (C=O) groups excluding carboxylic acids is 1. The predicted molar refractivity (Wildman–Crippen MR) is 102 cm³/mol. The highest BCUT2D eigenvalue weighted by Gasteiger charge is 2.12. The van der Waals surface area contributed by atoms with Crippen molar-refractivity contribution in [3.63, 3.8) is 0 Å². The summed E-state index contributed by atoms with van der Waals surface area (Å²) < 4.78 is 5.15. The molecule has 0 fully saturated rings. The zero-order chi connectivity index (χ0) is 18.5. The van der Waals surface area contributed by atoms with E-state index in [9.17, 15) is 4.79 Å². The maximum absolute atomic E-state index is 12.6. The van der Waals surface area contributed by atoms with E-state index in [4.69, 9.17) is 4.74 Å². The van der Waals surface area contributed by atoms with Crippen LogP contribution in [0.1, 0.15) is 21.9 Å². The second-order valence-electron chi connectivity index (χ2n) is 5.81. The average molecular weight is 348 g/mol. The van der Waals surface area contributed by atoms with Crippen LogP contribution in [0.15, 0.2) is 54.6 Å². The summed E-state index contributed by atoms with van der Waals surface area (Å²) in [5.74, 6) is 1.56. The fraction of sp³-hybridized carbons (Fsp3) is 0.150. The number of hydrogen-bond acceptors (Lipinski definition) is 5. The molecule has 2 aromatic carbocycles. The molecule has 1 aromatic heterocycles. The first-order valence-electron chi connectivity index (χ1n) is 8.19. The Balaban J connectivity index is 1.80. The van der Waals surface area contributed by atoms with Gasteiger partial charge in [-0.2, -0.15) is 0 Å². The monoisotopic (exact) mass is 348 g/mol. The van der Waals surface area contributed by atoms with Crippen LogP contribution in [0.5, 0.6) is 5.75 Å². The van der Waals surface area contributed by atoms with E-state index in [0.717, 1.165) is 22.7 Å². The molecule has 0 aliphatic heterocycles. The van der Waals surface area contributed by atoms with E-state index in [-0.39, 0.29) is 5.91 Å². The molecule has 0 atom stereocenters. The van der Waals surface area contributed by atoms with Crippen molar-refractivity contribution in [1.82, 2.24) is 9.97 Å². The number of ether oxygens (including phenoxy) is 1. The number of benzene rings is 2. The molecule has 0 aliphatic rings. The van der Waals surface area contributed by atoms with Gasteiger partial charge in [0.1, 0.15) is 23.1 Å². The zero-order valence-corrected chi connectivity index (χ0v) is 14.9. The molecule has 0 saturated carbocycles. The Bertz CT molecular complexity index is 923. The summed E-state index contributed by atoms with van der Waals surface area (Å²) in [7, 11) is 1.62. The van der Waals surface area contributed by atoms with Gasteiger partial charge in [-0.15, -0.1) is 0 Å². The normalized spacial score (nSPS) is 10.3. The third-order valence-corrected chi connectivity index (χ3v) is 3.83. The van der Waals surface area contributed by atoms with E-state index in [1.54, 1.807) is 20.1 Å². The number of nitrogens with zero attached hydrogens (tertiary/aromatic N) is 2. The number of hydrogen-bond donors (Lipinski definition) is 2. The van der Waals surface area contributed by atoms with Gasteiger partial charge in [0.15, 0.2) is 0 Å². The van der Waals surface area contributed by atoms with Crippen LogP contribution in [-0.2, 0) is 0 Å². The highest BCUT2D eigenvalue weighted by Crippen LogP contribution is 2.20. The lowest BCUT2D eigenvalue weighted by Gasteiger charge is -2.10. The lowest BCUT2D eigenvalue weighted by molar-refractivity contribution is 0.102. The van der Waals surface area contributed by atoms with Gasteiger partial charge in [0.2, 0.25) is 0 Å². The van der Waals surface area contributed by atoms with Crippen molar-refractivity contribution in [2.75, 3.05) is 17.7 Å². The average Bonchev–Trinajstić information content (AvgIpc) is 2.64. The number of para-hydroxylation sites is 1. The smallest absolute Gasteiger partial charge is 0.274 e. The molecule has 2 N–H and O–H groups in total. The Hall–Kier alpha value is -3.41. The van der Waals surface area contributed by atoms with Crippen LogP contribution in [0, 0.1) is 13.8 Å². The van der Waals surface area contributed by atoms with Crippen molar-refractivity contribution in [1.29, 1.82) is 0 Å². The summed E-state index contributed by atoms with van der Waals surface area (Å²) in [6.45, 7) is 3.70. The second kappa shape index (κ2) is 7.65. The van der Waals surface area contributed by atoms with Gasteiger partial charge in [-0.05, 0) is 49.7 Å². The minimum atomic E-state index is -0.275. The van der Waals surface area contributed by atoms with E-state index >= 15 is 0 Å². The first-order valence-corrected chi connectivity index (χ1v) is 8.19. The van der Waals surface area contributed by atoms with Gasteiger partial charge in [0.05, 0.1) is 7.11 Å². The summed E-state index contributed by atoms with van der Waals surface area (Å²) in [6.07, 6.45) is 0. The molecule has 0 spiro atoms. The molecule has 3 rings (SSSR count). The molecule has 0 aliphatic carbocycles. The highest BCUT2D eigenvalue weighted by atomic mass is 16.5. The Morgan fingerprint density at radius 2 is 1.73 bits per heavy atom. The minimum absolute atomic E-state index is 0.275. The van der Waals surface area contributed by atoms with Crippen LogP contribution in [0.3, 0.4) is 0 Å². The molecule has 26 heavy (non-hydrogen) atoms. The van der Waals surface area contributed by atoms with Crippen LogP contribution in [0.25, 0.3) is 0 Å². The fourth-order valence-corrected chi connectivity index (χ4v) is 2.47. The number of rotatable bonds is 5. The number of amides is 1. The summed E-state index contributed by atoms with van der Waals surface area (Å²) >= 11 is 0. The van der Waals surface area contributed by atoms with Crippen LogP contribution in [0.2, 0.25) is 0 Å². The predicted octanol–water partition coefficient (Wildman–Crippen LogP) is 4.10. The lowest BCUT2D eigenvalue weighted by atomic mass is 10.2. The van der Waals surface area contributed by atoms with Gasteiger partial charge in [-0.25, -0.2) is 9.97 Å². The summed E-state index contributed by atoms with van der Waals surface area (Å²) in [4.78, 5) is 21.2. The van der Waals surface area contributed by atoms with Crippen LogP contribution in [-0.4, -0.2) is 23.0 Å². The molecule has 6 heteroatoms. The molecule has 0 unspecified atom stereocenters. The standard InChI is InChI=1S/C20H20N4O2/c1-13-6-4-5-7-17(13)24-20(25)18-12-19(22-14(2)21-18)23-15-8-10-16(26-3)11-9-15/h4-12H,1-3H3,(H,24,25)(H,21,22,23). The minimum Gasteiger partial charge on any atom is -0.497 e. The molecule has 1 amide bonds. The maximum Gasteiger partial charge on any atom is 0.274 e. The molecule has 0 bridgehead atoms. The summed E-state index contributed by atoms with van der Waals surface area (Å²) in [5, 5.41) is 6.07. The first kappa shape index (κ1) is 17.4. The van der Waals surface area contributed by atoms with Crippen molar-refractivity contribution in [2.24, 2.45) is 0 Å². The van der Waals surface area contributed by atoms with Gasteiger partial charge in [-0.3, -0.25) is 4.79 Å². The van der Waals surface area contributed by atoms with E-state index in [1.807, 2.05) is 55.5 Å². The van der Waals surface area contributed by atoms with E-state index < -0.39 is 0 Å². The van der Waals surface area contributed by atoms with Crippen LogP contribution < -0.4 is 15.4 Å². The maximum atomic E-state index is 12.6. The summed E-state index contributed by atoms with van der Waals surface area (Å²) in [6, 6.07) is 16.7. The van der Waals surface area contributed by atoms with Crippen molar-refractivity contribution >= 4 is 23.1 Å². The van der Waals surface area contributed by atoms with Crippen molar-refractivity contribution in [2.45, 2.75) is 13.8 Å². The molecular formula is C20H20N4O2. The van der Waals surface area contributed by atoms with E-state index in [1.165, 1.54) is 0 Å². The largest absolute Gasteiger partial charge is 0.497 e. The quantitative estimate of drug-likeness (QED) is 0.726. The third-order valence-electron chi connectivity index (χ3n) is 3.83. The Kier molecular flexibility index (Phi) is 5.12. The van der Waals surface area contributed by atoms with Crippen LogP contribution >= 0.6 is 0 Å². The van der Waals surface area contributed by atoms with E-state index in [0.29, 0.717) is 17.3 Å². The Labute approximate surface area is 152 Å². The Morgan fingerprint density at radius 1 is 1.00 bits per heavy atom. The zero-order valence-electron chi connectivity index (χ0n) is 14.9. The number of aromatic nitrogens is 2. The molecule has 1 heterocycles. The van der Waals surface area contributed by atoms with Gasteiger partial charge in [-0.1, -0.05) is 18.2 Å². The van der Waals surface area contributed by atoms with Crippen molar-refractivity contribution in [3.8, 4) is 5.75 Å². The number of aryl methyl sites for hydroxylation is 2. The molecule has 3 aromatic rings. The number of nitrogens with one attached hydrogen (secondary N) is 2. The van der Waals surface area contributed by atoms with Gasteiger partial charge >= 0.3 is 0 Å². The SMILES string of the molecule is COc1ccc(Nc2cc(C(=O)Nc3ccccc3C)nc(C)n2)cc1. The number of carbonyl (C=O) groups is 1. The number of methoxy groups -OCH3 is 1.